The van der Waals surface area contributed by atoms with Crippen molar-refractivity contribution in [3.05, 3.63) is 59.8 Å². The van der Waals surface area contributed by atoms with Crippen molar-refractivity contribution in [2.24, 2.45) is 5.41 Å². The van der Waals surface area contributed by atoms with Gasteiger partial charge in [-0.05, 0) is 33.5 Å². The van der Waals surface area contributed by atoms with Crippen molar-refractivity contribution in [3.8, 4) is 0 Å². The van der Waals surface area contributed by atoms with E-state index in [1.165, 1.54) is 10.1 Å². The molecule has 0 spiro atoms. The highest BCUT2D eigenvalue weighted by Crippen LogP contribution is 2.42. The highest BCUT2D eigenvalue weighted by atomic mass is 16.2. The molecule has 3 aromatic rings. The summed E-state index contributed by atoms with van der Waals surface area (Å²) in [6.07, 6.45) is 0. The van der Waals surface area contributed by atoms with Crippen molar-refractivity contribution < 1.29 is 4.79 Å². The lowest BCUT2D eigenvalue weighted by atomic mass is 9.78. The summed E-state index contributed by atoms with van der Waals surface area (Å²) in [6.45, 7) is 5.85. The summed E-state index contributed by atoms with van der Waals surface area (Å²) in [5, 5.41) is 11.5. The molecule has 1 saturated heterocycles. The maximum atomic E-state index is 13.0. The molecule has 3 heterocycles. The Kier molecular flexibility index (Phi) is 3.33. The molecule has 6 nitrogen and oxygen atoms in total. The Morgan fingerprint density at radius 2 is 1.92 bits per heavy atom. The Morgan fingerprint density at radius 1 is 1.12 bits per heavy atom. The van der Waals surface area contributed by atoms with E-state index in [4.69, 9.17) is 0 Å². The molecule has 1 amide bonds. The minimum atomic E-state index is -0.0283. The van der Waals surface area contributed by atoms with Gasteiger partial charge in [0, 0.05) is 19.0 Å². The van der Waals surface area contributed by atoms with E-state index in [9.17, 15) is 4.79 Å². The van der Waals surface area contributed by atoms with Crippen molar-refractivity contribution >= 4 is 11.6 Å². The van der Waals surface area contributed by atoms with Crippen LogP contribution in [0.5, 0.6) is 0 Å². The van der Waals surface area contributed by atoms with Gasteiger partial charge in [-0.1, -0.05) is 50.2 Å². The van der Waals surface area contributed by atoms with Gasteiger partial charge in [0.1, 0.15) is 5.69 Å². The Labute approximate surface area is 140 Å². The topological polar surface area (TPSA) is 63.4 Å². The molecular formula is C18H19N5O. The number of fused-ring (bicyclic) bond motifs is 1. The highest BCUT2D eigenvalue weighted by Gasteiger charge is 2.42. The molecule has 1 aliphatic heterocycles. The number of rotatable bonds is 2. The second kappa shape index (κ2) is 5.40. The Hall–Kier alpha value is -2.76. The number of aromatic nitrogens is 4. The summed E-state index contributed by atoms with van der Waals surface area (Å²) in [7, 11) is 0. The molecule has 0 aliphatic carbocycles. The number of likely N-dealkylation sites (tertiary alicyclic amines) is 1. The van der Waals surface area contributed by atoms with Crippen LogP contribution in [0.1, 0.15) is 35.8 Å². The molecule has 0 unspecified atom stereocenters. The van der Waals surface area contributed by atoms with Crippen molar-refractivity contribution in [2.75, 3.05) is 13.1 Å². The van der Waals surface area contributed by atoms with E-state index in [1.807, 2.05) is 17.0 Å². The number of carbonyl (C=O) groups is 1. The quantitative estimate of drug-likeness (QED) is 0.727. The van der Waals surface area contributed by atoms with Crippen LogP contribution >= 0.6 is 0 Å². The molecule has 0 saturated carbocycles. The molecule has 0 bridgehead atoms. The first-order chi connectivity index (χ1) is 11.6. The Balaban J connectivity index is 1.66. The summed E-state index contributed by atoms with van der Waals surface area (Å²) in [5.74, 6) is 0.287. The number of carbonyl (C=O) groups excluding carboxylic acids is 1. The predicted octanol–water partition coefficient (Wildman–Crippen LogP) is 2.39. The third-order valence-electron chi connectivity index (χ3n) is 4.87. The van der Waals surface area contributed by atoms with E-state index in [0.29, 0.717) is 30.3 Å². The Morgan fingerprint density at radius 3 is 2.71 bits per heavy atom. The number of nitrogens with zero attached hydrogens (tertiary/aromatic N) is 5. The van der Waals surface area contributed by atoms with Gasteiger partial charge in [-0.15, -0.1) is 5.10 Å². The van der Waals surface area contributed by atoms with Crippen LogP contribution < -0.4 is 0 Å². The number of hydrogen-bond acceptors (Lipinski definition) is 4. The van der Waals surface area contributed by atoms with E-state index in [-0.39, 0.29) is 11.3 Å². The van der Waals surface area contributed by atoms with Gasteiger partial charge >= 0.3 is 0 Å². The number of benzene rings is 1. The molecule has 1 aromatic carbocycles. The number of pyridine rings is 1. The summed E-state index contributed by atoms with van der Waals surface area (Å²) < 4.78 is 1.51. The fourth-order valence-electron chi connectivity index (χ4n) is 3.62. The number of hydrogen-bond donors (Lipinski definition) is 0. The van der Waals surface area contributed by atoms with Crippen molar-refractivity contribution in [1.82, 2.24) is 24.9 Å². The van der Waals surface area contributed by atoms with E-state index < -0.39 is 0 Å². The monoisotopic (exact) mass is 321 g/mol. The minimum Gasteiger partial charge on any atom is -0.336 e. The van der Waals surface area contributed by atoms with Gasteiger partial charge in [0.15, 0.2) is 5.65 Å². The maximum Gasteiger partial charge on any atom is 0.272 e. The number of tetrazole rings is 1. The minimum absolute atomic E-state index is 0.0194. The van der Waals surface area contributed by atoms with Gasteiger partial charge in [-0.3, -0.25) is 4.79 Å². The van der Waals surface area contributed by atoms with Gasteiger partial charge in [-0.2, -0.15) is 4.52 Å². The van der Waals surface area contributed by atoms with Crippen LogP contribution in [0.4, 0.5) is 0 Å². The largest absolute Gasteiger partial charge is 0.336 e. The van der Waals surface area contributed by atoms with Crippen LogP contribution in [-0.2, 0) is 0 Å². The normalized spacial score (nSPS) is 19.8. The molecule has 2 aromatic heterocycles. The van der Waals surface area contributed by atoms with E-state index in [1.54, 1.807) is 12.1 Å². The van der Waals surface area contributed by atoms with Crippen LogP contribution in [0.3, 0.4) is 0 Å². The summed E-state index contributed by atoms with van der Waals surface area (Å²) in [4.78, 5) is 14.9. The second-order valence-corrected chi connectivity index (χ2v) is 7.00. The maximum absolute atomic E-state index is 13.0. The third-order valence-corrected chi connectivity index (χ3v) is 4.87. The van der Waals surface area contributed by atoms with Crippen LogP contribution in [-0.4, -0.2) is 43.9 Å². The standard InChI is InChI=1S/C18H19N5O/c1-18(2)12-22(11-14(18)13-7-4-3-5-8-13)17(24)15-9-6-10-16-19-20-21-23(15)16/h3-10,14H,11-12H2,1-2H3/t14-/m0/s1. The van der Waals surface area contributed by atoms with Crippen LogP contribution in [0.25, 0.3) is 5.65 Å². The van der Waals surface area contributed by atoms with E-state index >= 15 is 0 Å². The van der Waals surface area contributed by atoms with Crippen molar-refractivity contribution in [2.45, 2.75) is 19.8 Å². The van der Waals surface area contributed by atoms with Gasteiger partial charge in [-0.25, -0.2) is 0 Å². The van der Waals surface area contributed by atoms with Crippen LogP contribution in [0.15, 0.2) is 48.5 Å². The zero-order valence-electron chi connectivity index (χ0n) is 13.8. The zero-order valence-corrected chi connectivity index (χ0v) is 13.8. The van der Waals surface area contributed by atoms with Gasteiger partial charge in [0.2, 0.25) is 0 Å². The lowest BCUT2D eigenvalue weighted by molar-refractivity contribution is 0.0769. The summed E-state index contributed by atoms with van der Waals surface area (Å²) in [5.41, 5.74) is 2.38. The molecule has 0 N–H and O–H groups in total. The van der Waals surface area contributed by atoms with Gasteiger partial charge in [0.05, 0.1) is 0 Å². The fourth-order valence-corrected chi connectivity index (χ4v) is 3.62. The highest BCUT2D eigenvalue weighted by molar-refractivity contribution is 5.93. The molecule has 0 radical (unpaired) electrons. The average molecular weight is 321 g/mol. The summed E-state index contributed by atoms with van der Waals surface area (Å²) in [6, 6.07) is 15.8. The van der Waals surface area contributed by atoms with E-state index in [2.05, 4.69) is 53.6 Å². The van der Waals surface area contributed by atoms with Crippen molar-refractivity contribution in [3.63, 3.8) is 0 Å². The summed E-state index contributed by atoms with van der Waals surface area (Å²) >= 11 is 0. The Bertz CT molecular complexity index is 887. The first-order valence-electron chi connectivity index (χ1n) is 8.07. The molecule has 6 heteroatoms. The lowest BCUT2D eigenvalue weighted by Gasteiger charge is -2.25. The molecule has 122 valence electrons. The fraction of sp³-hybridized carbons (Fsp3) is 0.333. The number of amides is 1. The van der Waals surface area contributed by atoms with E-state index in [0.717, 1.165) is 0 Å². The SMILES string of the molecule is CC1(C)CN(C(=O)c2cccc3nnnn23)C[C@H]1c1ccccc1. The van der Waals surface area contributed by atoms with Crippen molar-refractivity contribution in [1.29, 1.82) is 0 Å². The molecule has 4 rings (SSSR count). The smallest absolute Gasteiger partial charge is 0.272 e. The molecule has 24 heavy (non-hydrogen) atoms. The van der Waals surface area contributed by atoms with Crippen LogP contribution in [0.2, 0.25) is 0 Å². The first-order valence-corrected chi connectivity index (χ1v) is 8.07. The van der Waals surface area contributed by atoms with Gasteiger partial charge < -0.3 is 4.90 Å². The molecule has 1 fully saturated rings. The van der Waals surface area contributed by atoms with Gasteiger partial charge in [0.25, 0.3) is 5.91 Å². The molecular weight excluding hydrogens is 302 g/mol. The van der Waals surface area contributed by atoms with Crippen LogP contribution in [0, 0.1) is 5.41 Å². The second-order valence-electron chi connectivity index (χ2n) is 7.00. The lowest BCUT2D eigenvalue weighted by Crippen LogP contribution is -2.31. The molecule has 1 atom stereocenters. The molecule has 1 aliphatic rings. The first kappa shape index (κ1) is 14.8. The predicted molar refractivity (Wildman–Crippen MR) is 89.6 cm³/mol. The zero-order chi connectivity index (χ0) is 16.7. The average Bonchev–Trinajstić information content (AvgIpc) is 3.18. The third kappa shape index (κ3) is 2.35.